The van der Waals surface area contributed by atoms with Crippen LogP contribution in [-0.2, 0) is 32.7 Å². The molecule has 0 bridgehead atoms. The first-order valence-corrected chi connectivity index (χ1v) is 24.7. The number of carbonyl (C=O) groups excluding carboxylic acids is 2. The van der Waals surface area contributed by atoms with Crippen molar-refractivity contribution in [3.8, 4) is 0 Å². The summed E-state index contributed by atoms with van der Waals surface area (Å²) < 4.78 is 32.8. The van der Waals surface area contributed by atoms with E-state index in [0.717, 1.165) is 32.1 Å². The fourth-order valence-corrected chi connectivity index (χ4v) is 7.45. The lowest BCUT2D eigenvalue weighted by Gasteiger charge is -2.19. The molecule has 0 radical (unpaired) electrons. The Labute approximate surface area is 339 Å². The van der Waals surface area contributed by atoms with E-state index < -0.39 is 26.5 Å². The molecule has 0 rings (SSSR count). The van der Waals surface area contributed by atoms with E-state index in [4.69, 9.17) is 24.3 Å². The van der Waals surface area contributed by atoms with Gasteiger partial charge in [-0.3, -0.25) is 18.6 Å². The number of hydrogen-bond donors (Lipinski definition) is 2. The number of allylic oxidation sites excluding steroid dienone is 2. The quantitative estimate of drug-likeness (QED) is 0.0267. The van der Waals surface area contributed by atoms with Crippen molar-refractivity contribution in [2.75, 3.05) is 26.4 Å². The van der Waals surface area contributed by atoms with Gasteiger partial charge in [0.15, 0.2) is 6.10 Å². The third-order valence-electron chi connectivity index (χ3n) is 10.2. The topological polar surface area (TPSA) is 134 Å². The van der Waals surface area contributed by atoms with Gasteiger partial charge in [0.05, 0.1) is 13.2 Å². The van der Waals surface area contributed by atoms with Crippen LogP contribution >= 0.6 is 7.82 Å². The van der Waals surface area contributed by atoms with Crippen LogP contribution in [0.4, 0.5) is 0 Å². The zero-order chi connectivity index (χ0) is 40.3. The summed E-state index contributed by atoms with van der Waals surface area (Å²) in [6.07, 6.45) is 43.9. The van der Waals surface area contributed by atoms with E-state index >= 15 is 0 Å². The van der Waals surface area contributed by atoms with Crippen molar-refractivity contribution in [2.45, 2.75) is 238 Å². The van der Waals surface area contributed by atoms with Gasteiger partial charge in [-0.25, -0.2) is 4.57 Å². The van der Waals surface area contributed by atoms with E-state index in [2.05, 4.69) is 26.0 Å². The van der Waals surface area contributed by atoms with E-state index in [1.807, 2.05) is 0 Å². The number of phosphoric acid groups is 1. The second kappa shape index (κ2) is 42.4. The molecule has 326 valence electrons. The Morgan fingerprint density at radius 1 is 0.527 bits per heavy atom. The van der Waals surface area contributed by atoms with Gasteiger partial charge in [0.1, 0.15) is 6.61 Å². The Morgan fingerprint density at radius 3 is 1.29 bits per heavy atom. The molecular weight excluding hydrogens is 713 g/mol. The second-order valence-corrected chi connectivity index (χ2v) is 17.1. The Hall–Kier alpha value is -1.25. The largest absolute Gasteiger partial charge is 0.472 e. The van der Waals surface area contributed by atoms with E-state index in [1.165, 1.54) is 167 Å². The van der Waals surface area contributed by atoms with Gasteiger partial charge in [-0.2, -0.15) is 0 Å². The number of unbranched alkanes of at least 4 members (excludes halogenated alkanes) is 29. The molecule has 0 aromatic rings. The molecule has 55 heavy (non-hydrogen) atoms. The maximum atomic E-state index is 12.6. The smallest absolute Gasteiger partial charge is 0.462 e. The van der Waals surface area contributed by atoms with Gasteiger partial charge in [-0.1, -0.05) is 193 Å². The molecule has 0 aromatic carbocycles. The van der Waals surface area contributed by atoms with Gasteiger partial charge < -0.3 is 20.1 Å². The van der Waals surface area contributed by atoms with Crippen LogP contribution in [0.15, 0.2) is 12.2 Å². The van der Waals surface area contributed by atoms with Crippen LogP contribution in [0.5, 0.6) is 0 Å². The minimum Gasteiger partial charge on any atom is -0.462 e. The summed E-state index contributed by atoms with van der Waals surface area (Å²) in [5.41, 5.74) is 5.35. The first-order chi connectivity index (χ1) is 26.8. The summed E-state index contributed by atoms with van der Waals surface area (Å²) in [7, 11) is -4.37. The van der Waals surface area contributed by atoms with Gasteiger partial charge in [0.2, 0.25) is 0 Å². The third-order valence-corrected chi connectivity index (χ3v) is 11.1. The summed E-state index contributed by atoms with van der Waals surface area (Å²) in [5.74, 6) is -0.819. The first-order valence-electron chi connectivity index (χ1n) is 23.2. The fourth-order valence-electron chi connectivity index (χ4n) is 6.69. The molecule has 0 aromatic heterocycles. The van der Waals surface area contributed by atoms with Crippen molar-refractivity contribution < 1.29 is 37.6 Å². The molecule has 0 fully saturated rings. The Balaban J connectivity index is 4.00. The van der Waals surface area contributed by atoms with E-state index in [1.54, 1.807) is 0 Å². The Bertz CT molecular complexity index is 917. The van der Waals surface area contributed by atoms with Crippen LogP contribution in [-0.4, -0.2) is 49.3 Å². The number of nitrogens with two attached hydrogens (primary N) is 1. The first kappa shape index (κ1) is 53.8. The van der Waals surface area contributed by atoms with Gasteiger partial charge >= 0.3 is 19.8 Å². The van der Waals surface area contributed by atoms with E-state index in [0.29, 0.717) is 6.42 Å². The maximum absolute atomic E-state index is 12.6. The molecule has 0 heterocycles. The van der Waals surface area contributed by atoms with Gasteiger partial charge in [-0.05, 0) is 38.5 Å². The van der Waals surface area contributed by atoms with Gasteiger partial charge in [-0.15, -0.1) is 0 Å². The number of esters is 2. The summed E-state index contributed by atoms with van der Waals surface area (Å²) in [6, 6.07) is 0. The Kier molecular flexibility index (Phi) is 41.4. The van der Waals surface area contributed by atoms with Crippen LogP contribution in [0.25, 0.3) is 0 Å². The van der Waals surface area contributed by atoms with Gasteiger partial charge in [0, 0.05) is 19.4 Å². The average molecular weight is 802 g/mol. The summed E-state index contributed by atoms with van der Waals surface area (Å²) in [6.45, 7) is 3.75. The van der Waals surface area contributed by atoms with Crippen LogP contribution in [0, 0.1) is 0 Å². The standard InChI is InChI=1S/C45H88NO8P/c1-3-5-7-9-11-13-15-16-17-18-19-20-21-22-23-24-25-26-28-30-32-34-36-38-45(48)54-43(42-53-55(49,50)52-40-39-46)41-51-44(47)37-35-33-31-29-27-14-12-10-8-6-4-2/h18-19,43H,3-17,20-42,46H2,1-2H3,(H,49,50)/b19-18-. The molecule has 0 aliphatic rings. The predicted octanol–water partition coefficient (Wildman–Crippen LogP) is 13.4. The monoisotopic (exact) mass is 802 g/mol. The SMILES string of the molecule is CCCCCCCCCC/C=C\CCCCCCCCCCCCCC(=O)OC(COC(=O)CCCCCCCCCCCCC)COP(=O)(O)OCCN. The van der Waals surface area contributed by atoms with E-state index in [9.17, 15) is 19.0 Å². The number of phosphoric ester groups is 1. The summed E-state index contributed by atoms with van der Waals surface area (Å²) >= 11 is 0. The third kappa shape index (κ3) is 42.2. The highest BCUT2D eigenvalue weighted by atomic mass is 31.2. The lowest BCUT2D eigenvalue weighted by Crippen LogP contribution is -2.29. The van der Waals surface area contributed by atoms with Crippen LogP contribution in [0.2, 0.25) is 0 Å². The molecule has 2 unspecified atom stereocenters. The van der Waals surface area contributed by atoms with Crippen molar-refractivity contribution in [3.63, 3.8) is 0 Å². The van der Waals surface area contributed by atoms with Crippen molar-refractivity contribution >= 4 is 19.8 Å². The number of ether oxygens (including phenoxy) is 2. The van der Waals surface area contributed by atoms with Crippen LogP contribution < -0.4 is 5.73 Å². The summed E-state index contributed by atoms with van der Waals surface area (Å²) in [4.78, 5) is 34.8. The van der Waals surface area contributed by atoms with Crippen LogP contribution in [0.3, 0.4) is 0 Å². The molecule has 0 saturated carbocycles. The highest BCUT2D eigenvalue weighted by molar-refractivity contribution is 7.47. The second-order valence-electron chi connectivity index (χ2n) is 15.6. The number of carbonyl (C=O) groups is 2. The average Bonchev–Trinajstić information content (AvgIpc) is 3.17. The Morgan fingerprint density at radius 2 is 0.891 bits per heavy atom. The van der Waals surface area contributed by atoms with Crippen molar-refractivity contribution in [2.24, 2.45) is 5.73 Å². The summed E-state index contributed by atoms with van der Waals surface area (Å²) in [5, 5.41) is 0. The molecule has 0 saturated heterocycles. The normalized spacial score (nSPS) is 13.3. The maximum Gasteiger partial charge on any atom is 0.472 e. The minimum absolute atomic E-state index is 0.0563. The highest BCUT2D eigenvalue weighted by Gasteiger charge is 2.26. The highest BCUT2D eigenvalue weighted by Crippen LogP contribution is 2.43. The van der Waals surface area contributed by atoms with Gasteiger partial charge in [0.25, 0.3) is 0 Å². The molecule has 0 spiro atoms. The lowest BCUT2D eigenvalue weighted by atomic mass is 10.0. The fraction of sp³-hybridized carbons (Fsp3) is 0.911. The molecule has 0 aliphatic carbocycles. The molecule has 10 heteroatoms. The zero-order valence-electron chi connectivity index (χ0n) is 35.9. The predicted molar refractivity (Wildman–Crippen MR) is 229 cm³/mol. The number of hydrogen-bond acceptors (Lipinski definition) is 8. The van der Waals surface area contributed by atoms with Crippen molar-refractivity contribution in [3.05, 3.63) is 12.2 Å². The zero-order valence-corrected chi connectivity index (χ0v) is 36.8. The molecule has 2 atom stereocenters. The van der Waals surface area contributed by atoms with Crippen LogP contribution in [0.1, 0.15) is 232 Å². The molecule has 0 amide bonds. The lowest BCUT2D eigenvalue weighted by molar-refractivity contribution is -0.161. The van der Waals surface area contributed by atoms with Crippen molar-refractivity contribution in [1.29, 1.82) is 0 Å². The minimum atomic E-state index is -4.37. The molecule has 3 N–H and O–H groups in total. The number of rotatable bonds is 44. The van der Waals surface area contributed by atoms with Crippen molar-refractivity contribution in [1.82, 2.24) is 0 Å². The van der Waals surface area contributed by atoms with E-state index in [-0.39, 0.29) is 38.6 Å². The molecule has 0 aliphatic heterocycles. The molecular formula is C45H88NO8P. The molecule has 9 nitrogen and oxygen atoms in total.